The third kappa shape index (κ3) is 3.10. The Morgan fingerprint density at radius 3 is 2.78 bits per heavy atom. The van der Waals surface area contributed by atoms with Crippen LogP contribution in [0.2, 0.25) is 0 Å². The molecule has 3 unspecified atom stereocenters. The summed E-state index contributed by atoms with van der Waals surface area (Å²) in [7, 11) is 0. The molecule has 0 bridgehead atoms. The van der Waals surface area contributed by atoms with Gasteiger partial charge in [-0.25, -0.2) is 0 Å². The molecule has 4 nitrogen and oxygen atoms in total. The van der Waals surface area contributed by atoms with Crippen molar-refractivity contribution in [3.8, 4) is 0 Å². The molecule has 3 atom stereocenters. The third-order valence-electron chi connectivity index (χ3n) is 4.12. The van der Waals surface area contributed by atoms with E-state index in [0.717, 1.165) is 11.7 Å². The molecule has 0 radical (unpaired) electrons. The van der Waals surface area contributed by atoms with Gasteiger partial charge in [-0.1, -0.05) is 32.3 Å². The molecule has 0 aromatic carbocycles. The number of hydrogen-bond acceptors (Lipinski definition) is 4. The largest absolute Gasteiger partial charge is 0.392 e. The predicted molar refractivity (Wildman–Crippen MR) is 69.2 cm³/mol. The highest BCUT2D eigenvalue weighted by Crippen LogP contribution is 2.38. The fourth-order valence-corrected chi connectivity index (χ4v) is 2.61. The van der Waals surface area contributed by atoms with Crippen molar-refractivity contribution in [3.05, 3.63) is 11.7 Å². The van der Waals surface area contributed by atoms with Crippen LogP contribution < -0.4 is 0 Å². The van der Waals surface area contributed by atoms with Gasteiger partial charge in [0.2, 0.25) is 5.89 Å². The summed E-state index contributed by atoms with van der Waals surface area (Å²) in [5.74, 6) is 2.92. The number of aromatic nitrogens is 2. The average Bonchev–Trinajstić information content (AvgIpc) is 2.96. The molecule has 1 aromatic rings. The van der Waals surface area contributed by atoms with E-state index in [1.165, 1.54) is 25.7 Å². The van der Waals surface area contributed by atoms with Crippen molar-refractivity contribution >= 4 is 0 Å². The number of aliphatic hydroxyl groups is 1. The summed E-state index contributed by atoms with van der Waals surface area (Å²) in [6, 6.07) is 0. The van der Waals surface area contributed by atoms with Crippen molar-refractivity contribution in [1.29, 1.82) is 0 Å². The molecule has 2 rings (SSSR count). The van der Waals surface area contributed by atoms with E-state index in [1.54, 1.807) is 0 Å². The van der Waals surface area contributed by atoms with Gasteiger partial charge in [-0.2, -0.15) is 4.98 Å². The van der Waals surface area contributed by atoms with E-state index in [2.05, 4.69) is 17.1 Å². The Hall–Kier alpha value is -0.900. The lowest BCUT2D eigenvalue weighted by atomic mass is 10.0. The number of hydrogen-bond donors (Lipinski definition) is 1. The van der Waals surface area contributed by atoms with E-state index in [-0.39, 0.29) is 5.92 Å². The van der Waals surface area contributed by atoms with Gasteiger partial charge in [0, 0.05) is 5.92 Å². The van der Waals surface area contributed by atoms with Crippen LogP contribution in [-0.2, 0) is 6.42 Å². The Bertz CT molecular complexity index is 376. The van der Waals surface area contributed by atoms with Crippen molar-refractivity contribution in [2.75, 3.05) is 0 Å². The minimum atomic E-state index is -0.398. The Morgan fingerprint density at radius 1 is 1.39 bits per heavy atom. The van der Waals surface area contributed by atoms with E-state index < -0.39 is 6.10 Å². The molecular formula is C14H24N2O2. The Balaban J connectivity index is 1.94. The molecule has 1 heterocycles. The van der Waals surface area contributed by atoms with Crippen molar-refractivity contribution in [1.82, 2.24) is 10.1 Å². The van der Waals surface area contributed by atoms with Crippen LogP contribution in [0.25, 0.3) is 0 Å². The van der Waals surface area contributed by atoms with Crippen LogP contribution in [0, 0.1) is 11.8 Å². The maximum Gasteiger partial charge on any atom is 0.229 e. The molecule has 1 fully saturated rings. The number of rotatable bonds is 5. The quantitative estimate of drug-likeness (QED) is 0.875. The highest BCUT2D eigenvalue weighted by atomic mass is 16.5. The topological polar surface area (TPSA) is 59.2 Å². The van der Waals surface area contributed by atoms with Crippen LogP contribution in [0.4, 0.5) is 0 Å². The predicted octanol–water partition coefficient (Wildman–Crippen LogP) is 2.92. The summed E-state index contributed by atoms with van der Waals surface area (Å²) < 4.78 is 5.25. The van der Waals surface area contributed by atoms with E-state index in [9.17, 15) is 5.11 Å². The fraction of sp³-hybridized carbons (Fsp3) is 0.857. The number of nitrogens with zero attached hydrogens (tertiary/aromatic N) is 2. The second-order valence-corrected chi connectivity index (χ2v) is 5.85. The van der Waals surface area contributed by atoms with Gasteiger partial charge in [-0.3, -0.25) is 0 Å². The molecular weight excluding hydrogens is 228 g/mol. The lowest BCUT2D eigenvalue weighted by molar-refractivity contribution is 0.116. The summed E-state index contributed by atoms with van der Waals surface area (Å²) in [6.45, 7) is 6.23. The molecule has 4 heteroatoms. The van der Waals surface area contributed by atoms with Crippen LogP contribution in [0.5, 0.6) is 0 Å². The standard InChI is InChI=1S/C14H24N2O2/c1-4-10-5-6-11(7-10)14-15-13(18-16-14)8-12(17)9(2)3/h9-12,17H,4-8H2,1-3H3. The normalized spacial score (nSPS) is 25.8. The first-order chi connectivity index (χ1) is 8.60. The van der Waals surface area contributed by atoms with Gasteiger partial charge >= 0.3 is 0 Å². The summed E-state index contributed by atoms with van der Waals surface area (Å²) >= 11 is 0. The first-order valence-corrected chi connectivity index (χ1v) is 7.10. The monoisotopic (exact) mass is 252 g/mol. The number of aliphatic hydroxyl groups excluding tert-OH is 1. The van der Waals surface area contributed by atoms with Gasteiger partial charge in [0.05, 0.1) is 12.5 Å². The van der Waals surface area contributed by atoms with Crippen molar-refractivity contribution in [3.63, 3.8) is 0 Å². The molecule has 1 aliphatic carbocycles. The zero-order valence-corrected chi connectivity index (χ0v) is 11.6. The molecule has 1 N–H and O–H groups in total. The van der Waals surface area contributed by atoms with Gasteiger partial charge < -0.3 is 9.63 Å². The molecule has 102 valence electrons. The third-order valence-corrected chi connectivity index (χ3v) is 4.12. The van der Waals surface area contributed by atoms with Gasteiger partial charge in [0.15, 0.2) is 5.82 Å². The van der Waals surface area contributed by atoms with Crippen LogP contribution >= 0.6 is 0 Å². The zero-order valence-electron chi connectivity index (χ0n) is 11.6. The second kappa shape index (κ2) is 5.83. The first-order valence-electron chi connectivity index (χ1n) is 7.10. The fourth-order valence-electron chi connectivity index (χ4n) is 2.61. The first kappa shape index (κ1) is 13.5. The van der Waals surface area contributed by atoms with Crippen LogP contribution in [0.1, 0.15) is 64.1 Å². The molecule has 1 aromatic heterocycles. The average molecular weight is 252 g/mol. The Morgan fingerprint density at radius 2 is 2.17 bits per heavy atom. The van der Waals surface area contributed by atoms with Gasteiger partial charge in [0.25, 0.3) is 0 Å². The molecule has 0 aliphatic heterocycles. The lowest BCUT2D eigenvalue weighted by Crippen LogP contribution is -2.17. The second-order valence-electron chi connectivity index (χ2n) is 5.85. The summed E-state index contributed by atoms with van der Waals surface area (Å²) in [5.41, 5.74) is 0. The Kier molecular flexibility index (Phi) is 4.38. The smallest absolute Gasteiger partial charge is 0.229 e. The van der Waals surface area contributed by atoms with Crippen LogP contribution in [-0.4, -0.2) is 21.4 Å². The molecule has 1 saturated carbocycles. The van der Waals surface area contributed by atoms with Crippen molar-refractivity contribution in [2.45, 2.75) is 64.9 Å². The molecule has 0 saturated heterocycles. The molecule has 1 aliphatic rings. The van der Waals surface area contributed by atoms with Crippen LogP contribution in [0.15, 0.2) is 4.52 Å². The molecule has 18 heavy (non-hydrogen) atoms. The summed E-state index contributed by atoms with van der Waals surface area (Å²) in [6.07, 6.45) is 4.94. The van der Waals surface area contributed by atoms with Gasteiger partial charge in [0.1, 0.15) is 0 Å². The maximum absolute atomic E-state index is 9.81. The highest BCUT2D eigenvalue weighted by Gasteiger charge is 2.28. The highest BCUT2D eigenvalue weighted by molar-refractivity contribution is 5.00. The van der Waals surface area contributed by atoms with E-state index in [4.69, 9.17) is 4.52 Å². The van der Waals surface area contributed by atoms with E-state index in [1.807, 2.05) is 13.8 Å². The van der Waals surface area contributed by atoms with Crippen LogP contribution in [0.3, 0.4) is 0 Å². The molecule has 0 amide bonds. The van der Waals surface area contributed by atoms with E-state index >= 15 is 0 Å². The minimum Gasteiger partial charge on any atom is -0.392 e. The zero-order chi connectivity index (χ0) is 13.1. The lowest BCUT2D eigenvalue weighted by Gasteiger charge is -2.10. The van der Waals surface area contributed by atoms with Crippen molar-refractivity contribution < 1.29 is 9.63 Å². The minimum absolute atomic E-state index is 0.219. The van der Waals surface area contributed by atoms with Gasteiger partial charge in [-0.05, 0) is 31.1 Å². The maximum atomic E-state index is 9.81. The van der Waals surface area contributed by atoms with E-state index in [0.29, 0.717) is 18.2 Å². The van der Waals surface area contributed by atoms with Crippen molar-refractivity contribution in [2.24, 2.45) is 11.8 Å². The summed E-state index contributed by atoms with van der Waals surface area (Å²) in [5, 5.41) is 13.9. The Labute approximate surface area is 109 Å². The molecule has 0 spiro atoms. The summed E-state index contributed by atoms with van der Waals surface area (Å²) in [4.78, 5) is 4.45. The van der Waals surface area contributed by atoms with Gasteiger partial charge in [-0.15, -0.1) is 0 Å². The SMILES string of the molecule is CCC1CCC(c2noc(CC(O)C(C)C)n2)C1.